The molecule has 4 heteroatoms. The minimum absolute atomic E-state index is 0.0482. The van der Waals surface area contributed by atoms with Crippen LogP contribution in [0.5, 0.6) is 0 Å². The summed E-state index contributed by atoms with van der Waals surface area (Å²) < 4.78 is 2.51. The Kier molecular flexibility index (Phi) is 12.8. The van der Waals surface area contributed by atoms with Crippen molar-refractivity contribution in [2.24, 2.45) is 0 Å². The maximum absolute atomic E-state index is 3.20. The van der Waals surface area contributed by atoms with Crippen molar-refractivity contribution in [2.75, 3.05) is 9.80 Å². The average molecular weight is 1110 g/mol. The van der Waals surface area contributed by atoms with Gasteiger partial charge in [0.15, 0.2) is 0 Å². The molecular formula is C82H74BN3. The first-order valence-corrected chi connectivity index (χ1v) is 30.7. The summed E-state index contributed by atoms with van der Waals surface area (Å²) in [4.78, 5) is 5.18. The van der Waals surface area contributed by atoms with Crippen LogP contribution in [0.25, 0.3) is 66.4 Å². The zero-order valence-corrected chi connectivity index (χ0v) is 51.9. The molecule has 0 radical (unpaired) electrons. The monoisotopic (exact) mass is 1110 g/mol. The van der Waals surface area contributed by atoms with E-state index in [0.717, 1.165) is 39.6 Å². The molecule has 3 heterocycles. The number of allylic oxidation sites excluding steroid dienone is 4. The predicted octanol–water partition coefficient (Wildman–Crippen LogP) is 20.3. The first-order chi connectivity index (χ1) is 41.2. The molecule has 1 aliphatic carbocycles. The van der Waals surface area contributed by atoms with Gasteiger partial charge < -0.3 is 14.4 Å². The molecule has 0 atom stereocenters. The summed E-state index contributed by atoms with van der Waals surface area (Å²) in [6, 6.07) is 81.5. The maximum Gasteiger partial charge on any atom is 0.252 e. The zero-order chi connectivity index (χ0) is 59.6. The van der Waals surface area contributed by atoms with Crippen molar-refractivity contribution in [2.45, 2.75) is 105 Å². The van der Waals surface area contributed by atoms with Gasteiger partial charge in [-0.3, -0.25) is 0 Å². The number of fused-ring (bicyclic) bond motifs is 7. The van der Waals surface area contributed by atoms with E-state index in [1.807, 2.05) is 12.2 Å². The third-order valence-corrected chi connectivity index (χ3v) is 18.2. The van der Waals surface area contributed by atoms with Gasteiger partial charge in [0.1, 0.15) is 0 Å². The van der Waals surface area contributed by atoms with Gasteiger partial charge in [-0.25, -0.2) is 0 Å². The van der Waals surface area contributed by atoms with Crippen LogP contribution in [0.15, 0.2) is 242 Å². The lowest BCUT2D eigenvalue weighted by Crippen LogP contribution is -2.61. The SMILES string of the molecule is CC(C)(C)c1cc(-c2ccc3c(c2)N(c2ccc(C4=CC=C=C=C4)cc2)c2cc(-n4c5ccccc5c5ccccc54)cc4c2B3c2ccc(-c3cc(C(C)(C)C)cc(C(C)(C)C)c3)cc2N4c2ccc(-c3ccccc3)cc2)cc(C(C)(C)C)c1. The zero-order valence-electron chi connectivity index (χ0n) is 51.9. The van der Waals surface area contributed by atoms with Crippen molar-refractivity contribution in [3.8, 4) is 39.1 Å². The third kappa shape index (κ3) is 9.50. The first kappa shape index (κ1) is 54.6. The van der Waals surface area contributed by atoms with E-state index in [9.17, 15) is 0 Å². The van der Waals surface area contributed by atoms with E-state index < -0.39 is 0 Å². The fraction of sp³-hybridized carbons (Fsp3) is 0.195. The fourth-order valence-electron chi connectivity index (χ4n) is 13.3. The third-order valence-electron chi connectivity index (χ3n) is 18.2. The number of aromatic nitrogens is 1. The molecule has 0 amide bonds. The highest BCUT2D eigenvalue weighted by Gasteiger charge is 2.44. The van der Waals surface area contributed by atoms with Crippen LogP contribution in [0.3, 0.4) is 0 Å². The molecule has 3 nitrogen and oxygen atoms in total. The number of rotatable bonds is 7. The van der Waals surface area contributed by atoms with E-state index in [-0.39, 0.29) is 28.4 Å². The van der Waals surface area contributed by atoms with Crippen LogP contribution in [0.1, 0.15) is 111 Å². The average Bonchev–Trinajstić information content (AvgIpc) is 0.868. The summed E-state index contributed by atoms with van der Waals surface area (Å²) in [5, 5.41) is 2.46. The molecule has 3 aliphatic rings. The van der Waals surface area contributed by atoms with Crippen LogP contribution in [0.4, 0.5) is 34.1 Å². The van der Waals surface area contributed by atoms with Crippen molar-refractivity contribution in [1.82, 2.24) is 4.57 Å². The Labute approximate surface area is 509 Å². The molecule has 11 aromatic rings. The normalized spacial score (nSPS) is 13.8. The molecule has 14 rings (SSSR count). The smallest absolute Gasteiger partial charge is 0.252 e. The van der Waals surface area contributed by atoms with Gasteiger partial charge in [-0.05, 0) is 184 Å². The van der Waals surface area contributed by atoms with Crippen molar-refractivity contribution in [3.63, 3.8) is 0 Å². The largest absolute Gasteiger partial charge is 0.311 e. The molecule has 420 valence electrons. The van der Waals surface area contributed by atoms with E-state index in [2.05, 4.69) is 327 Å². The van der Waals surface area contributed by atoms with Crippen LogP contribution >= 0.6 is 0 Å². The van der Waals surface area contributed by atoms with Crippen LogP contribution in [-0.2, 0) is 21.7 Å². The van der Waals surface area contributed by atoms with Gasteiger partial charge >= 0.3 is 0 Å². The Bertz CT molecular complexity index is 4560. The molecule has 0 unspecified atom stereocenters. The summed E-state index contributed by atoms with van der Waals surface area (Å²) >= 11 is 0. The second-order valence-corrected chi connectivity index (χ2v) is 28.2. The van der Waals surface area contributed by atoms with Gasteiger partial charge in [0, 0.05) is 44.9 Å². The fourth-order valence-corrected chi connectivity index (χ4v) is 13.3. The summed E-state index contributed by atoms with van der Waals surface area (Å²) in [5.41, 5.74) is 35.0. The van der Waals surface area contributed by atoms with Crippen molar-refractivity contribution >= 4 is 84.6 Å². The van der Waals surface area contributed by atoms with Crippen LogP contribution < -0.4 is 26.2 Å². The number of hydrogen-bond acceptors (Lipinski definition) is 2. The molecule has 0 fully saturated rings. The van der Waals surface area contributed by atoms with Crippen molar-refractivity contribution in [1.29, 1.82) is 0 Å². The van der Waals surface area contributed by atoms with Crippen molar-refractivity contribution in [3.05, 3.63) is 270 Å². The van der Waals surface area contributed by atoms with E-state index in [1.54, 1.807) is 0 Å². The highest BCUT2D eigenvalue weighted by atomic mass is 15.2. The Morgan fingerprint density at radius 1 is 0.326 bits per heavy atom. The maximum atomic E-state index is 3.20. The van der Waals surface area contributed by atoms with Crippen molar-refractivity contribution < 1.29 is 0 Å². The second kappa shape index (κ2) is 20.2. The quantitative estimate of drug-likeness (QED) is 0.116. The highest BCUT2D eigenvalue weighted by Crippen LogP contribution is 2.49. The van der Waals surface area contributed by atoms with Gasteiger partial charge in [-0.1, -0.05) is 246 Å². The Balaban J connectivity index is 1.10. The Hall–Kier alpha value is -9.30. The number of hydrogen-bond donors (Lipinski definition) is 0. The van der Waals surface area contributed by atoms with Gasteiger partial charge in [-0.2, -0.15) is 0 Å². The van der Waals surface area contributed by atoms with Crippen LogP contribution in [0, 0.1) is 0 Å². The predicted molar refractivity (Wildman–Crippen MR) is 370 cm³/mol. The van der Waals surface area contributed by atoms with E-state index in [4.69, 9.17) is 0 Å². The van der Waals surface area contributed by atoms with Gasteiger partial charge in [-0.15, -0.1) is 0 Å². The number of anilines is 6. The lowest BCUT2D eigenvalue weighted by atomic mass is 9.33. The minimum Gasteiger partial charge on any atom is -0.311 e. The molecule has 86 heavy (non-hydrogen) atoms. The molecular weight excluding hydrogens is 1040 g/mol. The molecule has 0 spiro atoms. The second-order valence-electron chi connectivity index (χ2n) is 28.2. The molecule has 0 saturated carbocycles. The molecule has 2 aliphatic heterocycles. The van der Waals surface area contributed by atoms with Gasteiger partial charge in [0.05, 0.1) is 16.7 Å². The van der Waals surface area contributed by atoms with E-state index in [1.165, 1.54) is 105 Å². The van der Waals surface area contributed by atoms with Crippen LogP contribution in [-0.4, -0.2) is 11.3 Å². The number of benzene rings is 10. The minimum atomic E-state index is -0.121. The van der Waals surface area contributed by atoms with Gasteiger partial charge in [0.2, 0.25) is 0 Å². The molecule has 0 N–H and O–H groups in total. The van der Waals surface area contributed by atoms with Crippen LogP contribution in [0.2, 0.25) is 0 Å². The first-order valence-electron chi connectivity index (χ1n) is 30.7. The van der Waals surface area contributed by atoms with E-state index in [0.29, 0.717) is 0 Å². The lowest BCUT2D eigenvalue weighted by Gasteiger charge is -2.44. The highest BCUT2D eigenvalue weighted by molar-refractivity contribution is 7.00. The molecule has 10 aromatic carbocycles. The molecule has 0 bridgehead atoms. The summed E-state index contributed by atoms with van der Waals surface area (Å²) in [7, 11) is 0. The Morgan fingerprint density at radius 3 is 1.16 bits per heavy atom. The van der Waals surface area contributed by atoms with Gasteiger partial charge in [0.25, 0.3) is 6.71 Å². The number of nitrogens with zero attached hydrogens (tertiary/aromatic N) is 3. The summed E-state index contributed by atoms with van der Waals surface area (Å²) in [6.07, 6.45) is 6.10. The molecule has 0 saturated heterocycles. The number of para-hydroxylation sites is 2. The standard InChI is InChI=1S/C82H74BN3/c1-79(2,3)61-43-59(44-62(49-61)80(4,5)6)57-35-41-70-74(47-57)84(65-37-31-55(32-38-65)53-23-15-13-16-24-53)76-51-67(86-72-29-21-19-27-68(72)69-28-20-22-30-73(69)86)52-77-78(76)83(70)71-42-36-58(60-45-63(81(7,8)9)50-64(46-60)82(10,11)12)48-75(71)85(77)66-39-33-56(34-40-66)54-25-17-14-18-26-54/h13,15-17,19-52H,1-12H3. The molecule has 1 aromatic heterocycles. The Morgan fingerprint density at radius 2 is 0.733 bits per heavy atom. The van der Waals surface area contributed by atoms with E-state index >= 15 is 0 Å². The summed E-state index contributed by atoms with van der Waals surface area (Å²) in [5.74, 6) is 0. The lowest BCUT2D eigenvalue weighted by molar-refractivity contribution is 0.568. The summed E-state index contributed by atoms with van der Waals surface area (Å²) in [6.45, 7) is 27.9. The topological polar surface area (TPSA) is 11.4 Å².